The van der Waals surface area contributed by atoms with Gasteiger partial charge in [-0.05, 0) is 36.4 Å². The molecule has 5 heteroatoms. The maximum atomic E-state index is 5.57. The number of benzene rings is 3. The first-order chi connectivity index (χ1) is 13.8. The summed E-state index contributed by atoms with van der Waals surface area (Å²) in [5.41, 5.74) is 2.77. The van der Waals surface area contributed by atoms with Gasteiger partial charge in [0.25, 0.3) is 0 Å². The van der Waals surface area contributed by atoms with Gasteiger partial charge >= 0.3 is 0 Å². The van der Waals surface area contributed by atoms with Crippen LogP contribution in [0.4, 0.5) is 11.5 Å². The number of nitrogens with zero attached hydrogens (tertiary/aromatic N) is 2. The number of hydrogen-bond acceptors (Lipinski definition) is 4. The molecule has 140 valence electrons. The third kappa shape index (κ3) is 3.42. The summed E-state index contributed by atoms with van der Waals surface area (Å²) in [6.07, 6.45) is 1.96. The molecule has 0 amide bonds. The molecule has 3 aromatic carbocycles. The lowest BCUT2D eigenvalue weighted by atomic mass is 10.2. The second-order valence-corrected chi connectivity index (χ2v) is 6.18. The van der Waals surface area contributed by atoms with Gasteiger partial charge < -0.3 is 14.8 Å². The van der Waals surface area contributed by atoms with Crippen LogP contribution < -0.4 is 14.8 Å². The van der Waals surface area contributed by atoms with Crippen molar-refractivity contribution in [2.75, 3.05) is 19.5 Å². The van der Waals surface area contributed by atoms with Gasteiger partial charge in [-0.25, -0.2) is 4.98 Å². The molecule has 0 unspecified atom stereocenters. The molecule has 4 rings (SSSR count). The minimum Gasteiger partial charge on any atom is -0.496 e. The van der Waals surface area contributed by atoms with Crippen LogP contribution in [0.1, 0.15) is 0 Å². The first-order valence-electron chi connectivity index (χ1n) is 8.98. The van der Waals surface area contributed by atoms with E-state index in [2.05, 4.69) is 5.32 Å². The Labute approximate surface area is 164 Å². The van der Waals surface area contributed by atoms with Crippen molar-refractivity contribution in [3.63, 3.8) is 0 Å². The molecule has 0 saturated carbocycles. The Morgan fingerprint density at radius 2 is 1.39 bits per heavy atom. The van der Waals surface area contributed by atoms with Crippen molar-refractivity contribution in [2.24, 2.45) is 0 Å². The summed E-state index contributed by atoms with van der Waals surface area (Å²) < 4.78 is 13.2. The van der Waals surface area contributed by atoms with Gasteiger partial charge in [0, 0.05) is 5.69 Å². The maximum Gasteiger partial charge on any atom is 0.150 e. The second kappa shape index (κ2) is 7.88. The number of ether oxygens (including phenoxy) is 2. The summed E-state index contributed by atoms with van der Waals surface area (Å²) in [6, 6.07) is 25.7. The molecule has 4 aromatic rings. The summed E-state index contributed by atoms with van der Waals surface area (Å²) in [7, 11) is 3.33. The van der Waals surface area contributed by atoms with Gasteiger partial charge in [-0.15, -0.1) is 0 Å². The van der Waals surface area contributed by atoms with Crippen molar-refractivity contribution in [1.29, 1.82) is 0 Å². The Morgan fingerprint density at radius 1 is 0.750 bits per heavy atom. The average Bonchev–Trinajstić information content (AvgIpc) is 3.17. The van der Waals surface area contributed by atoms with Crippen LogP contribution in [-0.4, -0.2) is 23.8 Å². The summed E-state index contributed by atoms with van der Waals surface area (Å²) in [6.45, 7) is 0. The quantitative estimate of drug-likeness (QED) is 0.500. The van der Waals surface area contributed by atoms with Crippen molar-refractivity contribution in [3.05, 3.63) is 85.1 Å². The zero-order valence-corrected chi connectivity index (χ0v) is 15.8. The molecule has 0 atom stereocenters. The second-order valence-electron chi connectivity index (χ2n) is 6.18. The fraction of sp³-hybridized carbons (Fsp3) is 0.0870. The number of imidazole rings is 1. The van der Waals surface area contributed by atoms with Crippen LogP contribution in [0.15, 0.2) is 85.1 Å². The molecule has 0 aliphatic heterocycles. The van der Waals surface area contributed by atoms with Crippen LogP contribution >= 0.6 is 0 Å². The van der Waals surface area contributed by atoms with Crippen LogP contribution in [0.3, 0.4) is 0 Å². The maximum absolute atomic E-state index is 5.57. The summed E-state index contributed by atoms with van der Waals surface area (Å²) in [4.78, 5) is 4.85. The zero-order valence-electron chi connectivity index (χ0n) is 15.8. The first kappa shape index (κ1) is 17.7. The van der Waals surface area contributed by atoms with E-state index in [0.29, 0.717) is 0 Å². The molecule has 0 radical (unpaired) electrons. The predicted octanol–water partition coefficient (Wildman–Crippen LogP) is 5.30. The van der Waals surface area contributed by atoms with E-state index < -0.39 is 0 Å². The highest BCUT2D eigenvalue weighted by molar-refractivity contribution is 5.71. The number of methoxy groups -OCH3 is 2. The summed E-state index contributed by atoms with van der Waals surface area (Å²) in [5, 5.41) is 3.37. The van der Waals surface area contributed by atoms with Gasteiger partial charge in [0.2, 0.25) is 0 Å². The third-order valence-corrected chi connectivity index (χ3v) is 4.44. The molecule has 0 saturated heterocycles. The van der Waals surface area contributed by atoms with E-state index in [1.165, 1.54) is 0 Å². The lowest BCUT2D eigenvalue weighted by molar-refractivity contribution is 0.412. The highest BCUT2D eigenvalue weighted by Gasteiger charge is 2.17. The SMILES string of the molecule is COc1ccccc1-c1nc(Nc2ccccc2)cn1-c1ccccc1OC. The minimum absolute atomic E-state index is 0.734. The highest BCUT2D eigenvalue weighted by atomic mass is 16.5. The van der Waals surface area contributed by atoms with Crippen LogP contribution in [0.25, 0.3) is 17.1 Å². The lowest BCUT2D eigenvalue weighted by Gasteiger charge is -2.13. The fourth-order valence-electron chi connectivity index (χ4n) is 3.14. The van der Waals surface area contributed by atoms with Crippen molar-refractivity contribution in [2.45, 2.75) is 0 Å². The van der Waals surface area contributed by atoms with Crippen LogP contribution in [0.2, 0.25) is 0 Å². The number of rotatable bonds is 6. The van der Waals surface area contributed by atoms with E-state index >= 15 is 0 Å². The molecular formula is C23H21N3O2. The number of anilines is 2. The van der Waals surface area contributed by atoms with E-state index in [1.54, 1.807) is 14.2 Å². The molecule has 5 nitrogen and oxygen atoms in total. The van der Waals surface area contributed by atoms with Crippen molar-refractivity contribution in [3.8, 4) is 28.6 Å². The first-order valence-corrected chi connectivity index (χ1v) is 8.98. The molecule has 28 heavy (non-hydrogen) atoms. The normalized spacial score (nSPS) is 10.5. The van der Waals surface area contributed by atoms with Gasteiger partial charge in [0.1, 0.15) is 17.3 Å². The van der Waals surface area contributed by atoms with E-state index in [4.69, 9.17) is 14.5 Å². The monoisotopic (exact) mass is 371 g/mol. The number of hydrogen-bond donors (Lipinski definition) is 1. The Balaban J connectivity index is 1.88. The summed E-state index contributed by atoms with van der Waals surface area (Å²) >= 11 is 0. The fourth-order valence-corrected chi connectivity index (χ4v) is 3.14. The Bertz CT molecular complexity index is 1010. The van der Waals surface area contributed by atoms with Gasteiger partial charge in [0.05, 0.1) is 31.7 Å². The zero-order chi connectivity index (χ0) is 19.3. The number of nitrogens with one attached hydrogen (secondary N) is 1. The summed E-state index contributed by atoms with van der Waals surface area (Å²) in [5.74, 6) is 3.02. The van der Waals surface area contributed by atoms with E-state index in [1.807, 2.05) is 89.6 Å². The Kier molecular flexibility index (Phi) is 4.97. The van der Waals surface area contributed by atoms with Crippen LogP contribution in [0.5, 0.6) is 11.5 Å². The third-order valence-electron chi connectivity index (χ3n) is 4.44. The van der Waals surface area contributed by atoms with Crippen molar-refractivity contribution in [1.82, 2.24) is 9.55 Å². The molecule has 0 fully saturated rings. The average molecular weight is 371 g/mol. The van der Waals surface area contributed by atoms with E-state index in [9.17, 15) is 0 Å². The highest BCUT2D eigenvalue weighted by Crippen LogP contribution is 2.35. The topological polar surface area (TPSA) is 48.3 Å². The van der Waals surface area contributed by atoms with E-state index in [-0.39, 0.29) is 0 Å². The molecule has 1 aromatic heterocycles. The molecule has 1 N–H and O–H groups in total. The molecule has 0 spiro atoms. The number of aromatic nitrogens is 2. The molecule has 0 aliphatic rings. The van der Waals surface area contributed by atoms with Gasteiger partial charge in [-0.3, -0.25) is 4.57 Å². The smallest absolute Gasteiger partial charge is 0.150 e. The van der Waals surface area contributed by atoms with E-state index in [0.717, 1.165) is 40.1 Å². The Hall–Kier alpha value is -3.73. The molecular weight excluding hydrogens is 350 g/mol. The number of para-hydroxylation sites is 4. The van der Waals surface area contributed by atoms with Gasteiger partial charge in [0.15, 0.2) is 5.82 Å². The van der Waals surface area contributed by atoms with Crippen molar-refractivity contribution < 1.29 is 9.47 Å². The van der Waals surface area contributed by atoms with Gasteiger partial charge in [-0.2, -0.15) is 0 Å². The van der Waals surface area contributed by atoms with Gasteiger partial charge in [-0.1, -0.05) is 42.5 Å². The molecule has 1 heterocycles. The minimum atomic E-state index is 0.734. The lowest BCUT2D eigenvalue weighted by Crippen LogP contribution is -2.00. The van der Waals surface area contributed by atoms with Crippen molar-refractivity contribution >= 4 is 11.5 Å². The standard InChI is InChI=1S/C23H21N3O2/c1-27-20-14-8-6-12-18(20)23-25-22(24-17-10-4-3-5-11-17)16-26(23)19-13-7-9-15-21(19)28-2/h3-16,24H,1-2H3. The molecule has 0 aliphatic carbocycles. The largest absolute Gasteiger partial charge is 0.496 e. The van der Waals surface area contributed by atoms with Crippen LogP contribution in [0, 0.1) is 0 Å². The Morgan fingerprint density at radius 3 is 2.14 bits per heavy atom. The molecule has 0 bridgehead atoms. The van der Waals surface area contributed by atoms with Crippen LogP contribution in [-0.2, 0) is 0 Å². The predicted molar refractivity (Wildman–Crippen MR) is 112 cm³/mol.